The predicted molar refractivity (Wildman–Crippen MR) is 158 cm³/mol. The molecule has 2 amide bonds. The zero-order chi connectivity index (χ0) is 28.9. The maximum absolute atomic E-state index is 13.5. The van der Waals surface area contributed by atoms with Gasteiger partial charge in [0, 0.05) is 12.1 Å². The molecule has 41 heavy (non-hydrogen) atoms. The minimum atomic E-state index is -1.30. The van der Waals surface area contributed by atoms with Crippen LogP contribution in [-0.2, 0) is 27.4 Å². The number of carbonyl (C=O) groups is 2. The van der Waals surface area contributed by atoms with E-state index in [-0.39, 0.29) is 18.3 Å². The van der Waals surface area contributed by atoms with Crippen LogP contribution in [0.5, 0.6) is 11.5 Å². The van der Waals surface area contributed by atoms with Crippen molar-refractivity contribution in [1.82, 2.24) is 5.32 Å². The molecule has 0 aliphatic heterocycles. The van der Waals surface area contributed by atoms with Crippen molar-refractivity contribution >= 4 is 17.5 Å². The van der Waals surface area contributed by atoms with Gasteiger partial charge in [-0.2, -0.15) is 0 Å². The van der Waals surface area contributed by atoms with Crippen LogP contribution in [0.3, 0.4) is 0 Å². The minimum Gasteiger partial charge on any atom is -0.457 e. The lowest BCUT2D eigenvalue weighted by Crippen LogP contribution is -2.57. The molecule has 0 radical (unpaired) electrons. The summed E-state index contributed by atoms with van der Waals surface area (Å²) >= 11 is 0. The summed E-state index contributed by atoms with van der Waals surface area (Å²) in [6, 6.07) is 32.3. The van der Waals surface area contributed by atoms with E-state index in [9.17, 15) is 14.0 Å². The Morgan fingerprint density at radius 3 is 1.98 bits per heavy atom. The van der Waals surface area contributed by atoms with Gasteiger partial charge in [0.15, 0.2) is 0 Å². The largest absolute Gasteiger partial charge is 0.457 e. The average molecular weight is 555 g/mol. The summed E-state index contributed by atoms with van der Waals surface area (Å²) in [5.41, 5.74) is 1.45. The fraction of sp³-hybridized carbons (Fsp3) is 0.235. The molecular formula is C34H35FN2O4. The summed E-state index contributed by atoms with van der Waals surface area (Å²) in [5, 5.41) is 5.80. The van der Waals surface area contributed by atoms with E-state index in [0.29, 0.717) is 36.6 Å². The molecular weight excluding hydrogens is 519 g/mol. The molecule has 0 heterocycles. The van der Waals surface area contributed by atoms with Crippen molar-refractivity contribution in [2.24, 2.45) is 0 Å². The van der Waals surface area contributed by atoms with Gasteiger partial charge in [0.1, 0.15) is 22.9 Å². The summed E-state index contributed by atoms with van der Waals surface area (Å²) < 4.78 is 24.8. The lowest BCUT2D eigenvalue weighted by molar-refractivity contribution is -0.132. The third kappa shape index (κ3) is 9.58. The molecule has 1 unspecified atom stereocenters. The summed E-state index contributed by atoms with van der Waals surface area (Å²) in [6.07, 6.45) is 2.78. The predicted octanol–water partition coefficient (Wildman–Crippen LogP) is 7.06. The van der Waals surface area contributed by atoms with Gasteiger partial charge in [-0.25, -0.2) is 4.39 Å². The number of hydrogen-bond acceptors (Lipinski definition) is 4. The van der Waals surface area contributed by atoms with Crippen LogP contribution in [0, 0.1) is 5.82 Å². The topological polar surface area (TPSA) is 76.7 Å². The van der Waals surface area contributed by atoms with E-state index >= 15 is 0 Å². The Kier molecular flexibility index (Phi) is 10.6. The maximum atomic E-state index is 13.5. The zero-order valence-corrected chi connectivity index (χ0v) is 23.1. The van der Waals surface area contributed by atoms with Gasteiger partial charge in [-0.3, -0.25) is 9.59 Å². The van der Waals surface area contributed by atoms with Crippen LogP contribution >= 0.6 is 0 Å². The Labute approximate surface area is 240 Å². The Bertz CT molecular complexity index is 1380. The Morgan fingerprint density at radius 1 is 0.756 bits per heavy atom. The van der Waals surface area contributed by atoms with Gasteiger partial charge < -0.3 is 20.1 Å². The molecule has 0 aliphatic carbocycles. The van der Waals surface area contributed by atoms with Crippen LogP contribution in [-0.4, -0.2) is 24.0 Å². The number of unbranched alkanes of at least 4 members (excludes halogenated alkanes) is 1. The van der Waals surface area contributed by atoms with Crippen LogP contribution in [0.25, 0.3) is 0 Å². The van der Waals surface area contributed by atoms with Crippen LogP contribution < -0.4 is 15.4 Å². The second-order valence-electron chi connectivity index (χ2n) is 10.1. The van der Waals surface area contributed by atoms with Crippen molar-refractivity contribution in [2.45, 2.75) is 44.8 Å². The van der Waals surface area contributed by atoms with Crippen molar-refractivity contribution in [3.8, 4) is 11.5 Å². The number of aryl methyl sites for hydroxylation is 1. The summed E-state index contributed by atoms with van der Waals surface area (Å²) in [4.78, 5) is 26.4. The number of halogens is 1. The number of hydrogen-bond donors (Lipinski definition) is 2. The molecule has 0 saturated carbocycles. The second kappa shape index (κ2) is 14.8. The van der Waals surface area contributed by atoms with Crippen LogP contribution in [0.2, 0.25) is 0 Å². The highest BCUT2D eigenvalue weighted by atomic mass is 19.1. The van der Waals surface area contributed by atoms with E-state index in [1.165, 1.54) is 29.8 Å². The molecule has 212 valence electrons. The van der Waals surface area contributed by atoms with Gasteiger partial charge in [-0.05, 0) is 85.8 Å². The molecule has 0 fully saturated rings. The summed E-state index contributed by atoms with van der Waals surface area (Å²) in [5.74, 6) is 0.0909. The number of rotatable bonds is 14. The standard InChI is InChI=1S/C34H35FN2O4/c1-34(25-40-24-27-13-6-3-7-14-27,37-32(38)15-9-8-12-26-10-4-2-5-11-26)33(39)36-29-18-22-31(23-19-29)41-30-20-16-28(35)17-21-30/h2-7,10-11,13-14,16-23H,8-9,12,15,24-25H2,1H3,(H,36,39)(H,37,38). The molecule has 6 nitrogen and oxygen atoms in total. The monoisotopic (exact) mass is 554 g/mol. The Morgan fingerprint density at radius 2 is 1.34 bits per heavy atom. The smallest absolute Gasteiger partial charge is 0.252 e. The SMILES string of the molecule is CC(COCc1ccccc1)(NC(=O)CCCCc1ccccc1)C(=O)Nc1ccc(Oc2ccc(F)cc2)cc1. The van der Waals surface area contributed by atoms with Gasteiger partial charge in [0.05, 0.1) is 13.2 Å². The van der Waals surface area contributed by atoms with Gasteiger partial charge in [0.2, 0.25) is 5.91 Å². The number of benzene rings is 4. The van der Waals surface area contributed by atoms with E-state index in [1.807, 2.05) is 48.5 Å². The lowest BCUT2D eigenvalue weighted by atomic mass is 10.0. The van der Waals surface area contributed by atoms with Gasteiger partial charge in [0.25, 0.3) is 5.91 Å². The van der Waals surface area contributed by atoms with E-state index in [1.54, 1.807) is 31.2 Å². The van der Waals surface area contributed by atoms with Crippen molar-refractivity contribution < 1.29 is 23.5 Å². The molecule has 1 atom stereocenters. The first-order valence-corrected chi connectivity index (χ1v) is 13.7. The molecule has 7 heteroatoms. The number of nitrogens with one attached hydrogen (secondary N) is 2. The molecule has 4 rings (SSSR count). The number of carbonyl (C=O) groups excluding carboxylic acids is 2. The first kappa shape index (κ1) is 29.5. The van der Waals surface area contributed by atoms with Gasteiger partial charge in [-0.15, -0.1) is 0 Å². The molecule has 0 aromatic heterocycles. The first-order chi connectivity index (χ1) is 19.9. The summed E-state index contributed by atoms with van der Waals surface area (Å²) in [7, 11) is 0. The third-order valence-electron chi connectivity index (χ3n) is 6.54. The number of anilines is 1. The normalized spacial score (nSPS) is 12.2. The molecule has 4 aromatic carbocycles. The fourth-order valence-electron chi connectivity index (χ4n) is 4.25. The van der Waals surface area contributed by atoms with Gasteiger partial charge in [-0.1, -0.05) is 60.7 Å². The van der Waals surface area contributed by atoms with Crippen LogP contribution in [0.1, 0.15) is 37.3 Å². The van der Waals surface area contributed by atoms with Crippen molar-refractivity contribution in [3.63, 3.8) is 0 Å². The number of ether oxygens (including phenoxy) is 2. The maximum Gasteiger partial charge on any atom is 0.252 e. The lowest BCUT2D eigenvalue weighted by Gasteiger charge is -2.29. The Hall–Kier alpha value is -4.49. The number of amides is 2. The molecule has 0 spiro atoms. The van der Waals surface area contributed by atoms with Crippen LogP contribution in [0.15, 0.2) is 109 Å². The fourth-order valence-corrected chi connectivity index (χ4v) is 4.25. The molecule has 0 aliphatic rings. The van der Waals surface area contributed by atoms with E-state index < -0.39 is 11.4 Å². The van der Waals surface area contributed by atoms with E-state index in [0.717, 1.165) is 18.4 Å². The van der Waals surface area contributed by atoms with Crippen molar-refractivity contribution in [3.05, 3.63) is 126 Å². The molecule has 0 saturated heterocycles. The summed E-state index contributed by atoms with van der Waals surface area (Å²) in [6.45, 7) is 1.97. The highest BCUT2D eigenvalue weighted by Crippen LogP contribution is 2.24. The highest BCUT2D eigenvalue weighted by molar-refractivity contribution is 6.00. The Balaban J connectivity index is 1.35. The third-order valence-corrected chi connectivity index (χ3v) is 6.54. The average Bonchev–Trinajstić information content (AvgIpc) is 2.98. The first-order valence-electron chi connectivity index (χ1n) is 13.7. The van der Waals surface area contributed by atoms with Crippen LogP contribution in [0.4, 0.5) is 10.1 Å². The molecule has 2 N–H and O–H groups in total. The van der Waals surface area contributed by atoms with Crippen molar-refractivity contribution in [1.29, 1.82) is 0 Å². The molecule has 0 bridgehead atoms. The van der Waals surface area contributed by atoms with E-state index in [4.69, 9.17) is 9.47 Å². The minimum absolute atomic E-state index is 0.00472. The second-order valence-corrected chi connectivity index (χ2v) is 10.1. The molecule has 4 aromatic rings. The van der Waals surface area contributed by atoms with Crippen molar-refractivity contribution in [2.75, 3.05) is 11.9 Å². The van der Waals surface area contributed by atoms with Gasteiger partial charge >= 0.3 is 0 Å². The van der Waals surface area contributed by atoms with E-state index in [2.05, 4.69) is 22.8 Å². The highest BCUT2D eigenvalue weighted by Gasteiger charge is 2.35. The quantitative estimate of drug-likeness (QED) is 0.164. The zero-order valence-electron chi connectivity index (χ0n) is 23.1.